The van der Waals surface area contributed by atoms with Crippen LogP contribution in [0.5, 0.6) is 0 Å². The SMILES string of the molecule is C[C@@H](CCCCC(C)(C)C)C(=O)O. The monoisotopic (exact) mass is 186 g/mol. The Hall–Kier alpha value is -0.530. The lowest BCUT2D eigenvalue weighted by Gasteiger charge is -2.17. The third-order valence-electron chi connectivity index (χ3n) is 2.24. The van der Waals surface area contributed by atoms with Crippen molar-refractivity contribution in [3.63, 3.8) is 0 Å². The summed E-state index contributed by atoms with van der Waals surface area (Å²) in [6.45, 7) is 8.42. The number of hydrogen-bond donors (Lipinski definition) is 1. The van der Waals surface area contributed by atoms with Crippen molar-refractivity contribution in [3.05, 3.63) is 0 Å². The summed E-state index contributed by atoms with van der Waals surface area (Å²) in [5.74, 6) is -0.851. The largest absolute Gasteiger partial charge is 0.481 e. The number of unbranched alkanes of at least 4 members (excludes halogenated alkanes) is 1. The smallest absolute Gasteiger partial charge is 0.306 e. The summed E-state index contributed by atoms with van der Waals surface area (Å²) in [5.41, 5.74) is 0.381. The van der Waals surface area contributed by atoms with Crippen LogP contribution in [0.25, 0.3) is 0 Å². The van der Waals surface area contributed by atoms with E-state index in [0.717, 1.165) is 19.3 Å². The van der Waals surface area contributed by atoms with Gasteiger partial charge in [0.25, 0.3) is 0 Å². The van der Waals surface area contributed by atoms with Gasteiger partial charge in [0.1, 0.15) is 0 Å². The van der Waals surface area contributed by atoms with Gasteiger partial charge in [0.05, 0.1) is 5.92 Å². The summed E-state index contributed by atoms with van der Waals surface area (Å²) >= 11 is 0. The first-order valence-electron chi connectivity index (χ1n) is 5.06. The lowest BCUT2D eigenvalue weighted by Crippen LogP contribution is -2.10. The van der Waals surface area contributed by atoms with Crippen LogP contribution in [0.3, 0.4) is 0 Å². The van der Waals surface area contributed by atoms with Crippen molar-refractivity contribution in [1.82, 2.24) is 0 Å². The van der Waals surface area contributed by atoms with E-state index in [1.54, 1.807) is 6.92 Å². The zero-order chi connectivity index (χ0) is 10.5. The van der Waals surface area contributed by atoms with E-state index in [9.17, 15) is 4.79 Å². The van der Waals surface area contributed by atoms with Gasteiger partial charge in [-0.05, 0) is 18.3 Å². The summed E-state index contributed by atoms with van der Waals surface area (Å²) in [4.78, 5) is 10.5. The predicted molar refractivity (Wildman–Crippen MR) is 54.7 cm³/mol. The first-order valence-corrected chi connectivity index (χ1v) is 5.06. The molecule has 0 fully saturated rings. The molecule has 13 heavy (non-hydrogen) atoms. The molecule has 0 aliphatic carbocycles. The van der Waals surface area contributed by atoms with Crippen LogP contribution >= 0.6 is 0 Å². The van der Waals surface area contributed by atoms with Gasteiger partial charge in [-0.2, -0.15) is 0 Å². The molecule has 2 nitrogen and oxygen atoms in total. The molecule has 0 aromatic heterocycles. The number of hydrogen-bond acceptors (Lipinski definition) is 1. The van der Waals surface area contributed by atoms with E-state index >= 15 is 0 Å². The summed E-state index contributed by atoms with van der Waals surface area (Å²) in [6.07, 6.45) is 4.16. The average Bonchev–Trinajstić information content (AvgIpc) is 1.95. The predicted octanol–water partition coefficient (Wildman–Crippen LogP) is 3.31. The lowest BCUT2D eigenvalue weighted by atomic mass is 9.89. The van der Waals surface area contributed by atoms with Crippen LogP contribution in [0.15, 0.2) is 0 Å². The zero-order valence-electron chi connectivity index (χ0n) is 9.26. The van der Waals surface area contributed by atoms with Crippen LogP contribution in [0.1, 0.15) is 53.4 Å². The number of carbonyl (C=O) groups is 1. The Bertz CT molecular complexity index is 156. The molecule has 0 spiro atoms. The number of aliphatic carboxylic acids is 1. The second-order valence-corrected chi connectivity index (χ2v) is 5.05. The summed E-state index contributed by atoms with van der Waals surface area (Å²) in [6, 6.07) is 0. The fourth-order valence-electron chi connectivity index (χ4n) is 1.23. The van der Waals surface area contributed by atoms with E-state index in [1.165, 1.54) is 6.42 Å². The lowest BCUT2D eigenvalue weighted by molar-refractivity contribution is -0.141. The topological polar surface area (TPSA) is 37.3 Å². The third kappa shape index (κ3) is 7.82. The van der Waals surface area contributed by atoms with Crippen molar-refractivity contribution in [2.75, 3.05) is 0 Å². The summed E-state index contributed by atoms with van der Waals surface area (Å²) < 4.78 is 0. The fourth-order valence-corrected chi connectivity index (χ4v) is 1.23. The Labute approximate surface area is 81.3 Å². The Kier molecular flexibility index (Phi) is 5.04. The maximum absolute atomic E-state index is 10.5. The van der Waals surface area contributed by atoms with Gasteiger partial charge in [-0.1, -0.05) is 40.5 Å². The minimum Gasteiger partial charge on any atom is -0.481 e. The van der Waals surface area contributed by atoms with E-state index in [0.29, 0.717) is 5.41 Å². The fraction of sp³-hybridized carbons (Fsp3) is 0.909. The first-order chi connectivity index (χ1) is 5.83. The van der Waals surface area contributed by atoms with Crippen molar-refractivity contribution in [3.8, 4) is 0 Å². The Balaban J connectivity index is 3.41. The molecule has 0 radical (unpaired) electrons. The van der Waals surface area contributed by atoms with Crippen molar-refractivity contribution >= 4 is 5.97 Å². The highest BCUT2D eigenvalue weighted by atomic mass is 16.4. The molecular formula is C11H22O2. The molecule has 0 aliphatic rings. The number of rotatable bonds is 5. The standard InChI is InChI=1S/C11H22O2/c1-9(10(12)13)7-5-6-8-11(2,3)4/h9H,5-8H2,1-4H3,(H,12,13)/t9-/m0/s1. The minimum absolute atomic E-state index is 0.181. The van der Waals surface area contributed by atoms with Gasteiger partial charge in [0.15, 0.2) is 0 Å². The van der Waals surface area contributed by atoms with E-state index in [2.05, 4.69) is 20.8 Å². The first kappa shape index (κ1) is 12.5. The van der Waals surface area contributed by atoms with Crippen LogP contribution in [0, 0.1) is 11.3 Å². The summed E-state index contributed by atoms with van der Waals surface area (Å²) in [7, 11) is 0. The molecule has 78 valence electrons. The van der Waals surface area contributed by atoms with Crippen LogP contribution < -0.4 is 0 Å². The van der Waals surface area contributed by atoms with Crippen LogP contribution in [0.4, 0.5) is 0 Å². The Morgan fingerprint density at radius 1 is 1.31 bits per heavy atom. The Morgan fingerprint density at radius 2 is 1.85 bits per heavy atom. The van der Waals surface area contributed by atoms with Gasteiger partial charge in [-0.3, -0.25) is 4.79 Å². The molecule has 0 bridgehead atoms. The van der Waals surface area contributed by atoms with E-state index in [-0.39, 0.29) is 5.92 Å². The highest BCUT2D eigenvalue weighted by Crippen LogP contribution is 2.22. The van der Waals surface area contributed by atoms with Gasteiger partial charge in [-0.25, -0.2) is 0 Å². The molecule has 0 heterocycles. The maximum atomic E-state index is 10.5. The molecule has 0 aromatic carbocycles. The molecule has 0 saturated carbocycles. The molecule has 0 rings (SSSR count). The van der Waals surface area contributed by atoms with E-state index in [1.807, 2.05) is 0 Å². The minimum atomic E-state index is -0.671. The normalized spacial score (nSPS) is 14.2. The molecule has 0 aromatic rings. The van der Waals surface area contributed by atoms with Crippen LogP contribution in [0.2, 0.25) is 0 Å². The molecule has 0 saturated heterocycles. The third-order valence-corrected chi connectivity index (χ3v) is 2.24. The van der Waals surface area contributed by atoms with Gasteiger partial charge < -0.3 is 5.11 Å². The molecule has 0 amide bonds. The van der Waals surface area contributed by atoms with Crippen molar-refractivity contribution in [2.24, 2.45) is 11.3 Å². The number of carboxylic acids is 1. The zero-order valence-corrected chi connectivity index (χ0v) is 9.26. The van der Waals surface area contributed by atoms with Crippen LogP contribution in [-0.4, -0.2) is 11.1 Å². The second-order valence-electron chi connectivity index (χ2n) is 5.05. The molecular weight excluding hydrogens is 164 g/mol. The number of carboxylic acid groups (broad SMARTS) is 1. The van der Waals surface area contributed by atoms with Gasteiger partial charge in [0.2, 0.25) is 0 Å². The molecule has 0 unspecified atom stereocenters. The molecule has 0 aliphatic heterocycles. The van der Waals surface area contributed by atoms with Gasteiger partial charge >= 0.3 is 5.97 Å². The van der Waals surface area contributed by atoms with Crippen molar-refractivity contribution in [1.29, 1.82) is 0 Å². The van der Waals surface area contributed by atoms with E-state index < -0.39 is 5.97 Å². The Morgan fingerprint density at radius 3 is 2.23 bits per heavy atom. The molecule has 1 N–H and O–H groups in total. The quantitative estimate of drug-likeness (QED) is 0.669. The van der Waals surface area contributed by atoms with Crippen molar-refractivity contribution in [2.45, 2.75) is 53.4 Å². The highest BCUT2D eigenvalue weighted by Gasteiger charge is 2.12. The van der Waals surface area contributed by atoms with Gasteiger partial charge in [-0.15, -0.1) is 0 Å². The van der Waals surface area contributed by atoms with E-state index in [4.69, 9.17) is 5.11 Å². The molecule has 1 atom stereocenters. The van der Waals surface area contributed by atoms with Gasteiger partial charge in [0, 0.05) is 0 Å². The second kappa shape index (κ2) is 5.25. The maximum Gasteiger partial charge on any atom is 0.306 e. The van der Waals surface area contributed by atoms with Crippen molar-refractivity contribution < 1.29 is 9.90 Å². The summed E-state index contributed by atoms with van der Waals surface area (Å²) in [5, 5.41) is 8.64. The van der Waals surface area contributed by atoms with Crippen LogP contribution in [-0.2, 0) is 4.79 Å². The molecule has 2 heteroatoms. The highest BCUT2D eigenvalue weighted by molar-refractivity contribution is 5.69. The average molecular weight is 186 g/mol.